The van der Waals surface area contributed by atoms with Crippen LogP contribution in [0.5, 0.6) is 0 Å². The first kappa shape index (κ1) is 46.6. The van der Waals surface area contributed by atoms with Crippen LogP contribution < -0.4 is 9.80 Å². The van der Waals surface area contributed by atoms with Crippen molar-refractivity contribution in [2.24, 2.45) is 0 Å². The van der Waals surface area contributed by atoms with Crippen LogP contribution in [0.3, 0.4) is 0 Å². The van der Waals surface area contributed by atoms with E-state index in [0.29, 0.717) is 0 Å². The van der Waals surface area contributed by atoms with Gasteiger partial charge >= 0.3 is 0 Å². The zero-order valence-electron chi connectivity index (χ0n) is 43.0. The lowest BCUT2D eigenvalue weighted by molar-refractivity contribution is 0.490. The first-order valence-electron chi connectivity index (χ1n) is 26.8. The van der Waals surface area contributed by atoms with Crippen LogP contribution in [-0.2, 0) is 5.41 Å². The Labute approximate surface area is 438 Å². The molecule has 360 valence electrons. The Bertz CT molecular complexity index is 3730. The minimum Gasteiger partial charge on any atom is -0.310 e. The molecule has 1 saturated carbocycles. The van der Waals surface area contributed by atoms with E-state index in [-0.39, 0.29) is 5.41 Å². The Balaban J connectivity index is 0.00000275. The SMILES string of the molecule is CC.CC1=C(c2ccc(/C=C/c3ccc(-c4ccc5cc(N6c7ccccc7C=Cc7ccccc76)ccc5c4)c4ccccc34)cc2C2(C)CCCC2)C=CC(N2c3ccccc3C=Cc3ccccc32)=CC1. The van der Waals surface area contributed by atoms with Crippen molar-refractivity contribution < 1.29 is 0 Å². The van der Waals surface area contributed by atoms with Gasteiger partial charge in [-0.1, -0.05) is 233 Å². The number of para-hydroxylation sites is 4. The van der Waals surface area contributed by atoms with Gasteiger partial charge in [-0.25, -0.2) is 0 Å². The Morgan fingerprint density at radius 2 is 1.00 bits per heavy atom. The van der Waals surface area contributed by atoms with Crippen molar-refractivity contribution in [2.45, 2.75) is 65.2 Å². The van der Waals surface area contributed by atoms with Crippen LogP contribution in [-0.4, -0.2) is 0 Å². The average Bonchev–Trinajstić information content (AvgIpc) is 3.61. The lowest BCUT2D eigenvalue weighted by Gasteiger charge is -2.29. The van der Waals surface area contributed by atoms with E-state index in [1.807, 2.05) is 13.8 Å². The molecule has 1 fully saturated rings. The van der Waals surface area contributed by atoms with Gasteiger partial charge in [-0.05, 0) is 163 Å². The molecule has 2 heterocycles. The molecular formula is C72H62N2. The fraction of sp³-hybridized carbons (Fsp3) is 0.139. The van der Waals surface area contributed by atoms with Crippen molar-refractivity contribution in [3.05, 3.63) is 262 Å². The summed E-state index contributed by atoms with van der Waals surface area (Å²) in [5, 5.41) is 4.96. The third kappa shape index (κ3) is 8.54. The Morgan fingerprint density at radius 1 is 0.459 bits per heavy atom. The number of hydrogen-bond donors (Lipinski definition) is 0. The van der Waals surface area contributed by atoms with Gasteiger partial charge in [-0.15, -0.1) is 0 Å². The molecule has 4 aliphatic rings. The summed E-state index contributed by atoms with van der Waals surface area (Å²) in [4.78, 5) is 4.85. The van der Waals surface area contributed by atoms with Crippen LogP contribution >= 0.6 is 0 Å². The second kappa shape index (κ2) is 19.9. The molecule has 0 radical (unpaired) electrons. The van der Waals surface area contributed by atoms with Gasteiger partial charge in [-0.2, -0.15) is 0 Å². The molecule has 0 bridgehead atoms. The predicted molar refractivity (Wildman–Crippen MR) is 321 cm³/mol. The largest absolute Gasteiger partial charge is 0.310 e. The molecule has 0 N–H and O–H groups in total. The summed E-state index contributed by atoms with van der Waals surface area (Å²) in [5.74, 6) is 0. The molecule has 2 aliphatic heterocycles. The molecule has 74 heavy (non-hydrogen) atoms. The average molecular weight is 955 g/mol. The standard InChI is InChI=1S/C70H56N2.C2H6/c1-48-25-37-58(71-66-21-9-3-15-51(66)29-30-52-16-4-10-22-67(52)71)39-42-60(48)64-40-27-49(45-65(64)70(2)43-13-14-44-70)26-28-50-36-41-62(63-20-8-7-19-61(50)63)57-34-33-56-47-59(38-35-55(56)46-57)72-68-23-11-5-17-53(68)31-32-54-18-6-12-24-69(54)72;1-2/h3-12,15-24,26-42,45-47H,13-14,25,43-44H2,1-2H3;1-2H3/b28-26+;. The maximum absolute atomic E-state index is 2.51. The van der Waals surface area contributed by atoms with Crippen LogP contribution in [0, 0.1) is 0 Å². The lowest BCUT2D eigenvalue weighted by atomic mass is 9.76. The summed E-state index contributed by atoms with van der Waals surface area (Å²) in [6, 6.07) is 69.5. The number of nitrogens with zero attached hydrogens (tertiary/aromatic N) is 2. The van der Waals surface area contributed by atoms with Crippen molar-refractivity contribution in [1.29, 1.82) is 0 Å². The van der Waals surface area contributed by atoms with Crippen LogP contribution in [0.4, 0.5) is 28.4 Å². The third-order valence-electron chi connectivity index (χ3n) is 15.8. The molecule has 0 unspecified atom stereocenters. The second-order valence-corrected chi connectivity index (χ2v) is 20.3. The first-order chi connectivity index (χ1) is 36.5. The second-order valence-electron chi connectivity index (χ2n) is 20.3. The van der Waals surface area contributed by atoms with E-state index in [2.05, 4.69) is 266 Å². The van der Waals surface area contributed by atoms with Crippen LogP contribution in [0.2, 0.25) is 0 Å². The summed E-state index contributed by atoms with van der Waals surface area (Å²) < 4.78 is 0. The van der Waals surface area contributed by atoms with Crippen LogP contribution in [0.1, 0.15) is 104 Å². The van der Waals surface area contributed by atoms with Crippen molar-refractivity contribution in [3.8, 4) is 11.1 Å². The van der Waals surface area contributed by atoms with Crippen LogP contribution in [0.25, 0.3) is 74.7 Å². The van der Waals surface area contributed by atoms with Crippen molar-refractivity contribution in [3.63, 3.8) is 0 Å². The van der Waals surface area contributed by atoms with E-state index in [0.717, 1.165) is 12.1 Å². The van der Waals surface area contributed by atoms with E-state index in [9.17, 15) is 0 Å². The molecule has 9 aromatic rings. The molecule has 2 heteroatoms. The van der Waals surface area contributed by atoms with Crippen molar-refractivity contribution in [2.75, 3.05) is 9.80 Å². The first-order valence-corrected chi connectivity index (χ1v) is 26.8. The van der Waals surface area contributed by atoms with Gasteiger partial charge in [0.2, 0.25) is 0 Å². The molecule has 0 atom stereocenters. The Morgan fingerprint density at radius 3 is 1.64 bits per heavy atom. The molecular weight excluding hydrogens is 893 g/mol. The quantitative estimate of drug-likeness (QED) is 0.147. The highest BCUT2D eigenvalue weighted by Crippen LogP contribution is 2.47. The topological polar surface area (TPSA) is 6.48 Å². The summed E-state index contributed by atoms with van der Waals surface area (Å²) in [6.07, 6.45) is 26.7. The molecule has 13 rings (SSSR count). The molecule has 2 nitrogen and oxygen atoms in total. The normalized spacial score (nSPS) is 15.4. The van der Waals surface area contributed by atoms with Gasteiger partial charge in [0.1, 0.15) is 0 Å². The minimum atomic E-state index is 0.119. The number of anilines is 5. The smallest absolute Gasteiger partial charge is 0.0534 e. The molecule has 2 aliphatic carbocycles. The molecule has 9 aromatic carbocycles. The molecule has 0 aromatic heterocycles. The third-order valence-corrected chi connectivity index (χ3v) is 15.8. The molecule has 0 amide bonds. The van der Waals surface area contributed by atoms with E-state index in [4.69, 9.17) is 0 Å². The summed E-state index contributed by atoms with van der Waals surface area (Å²) >= 11 is 0. The zero-order chi connectivity index (χ0) is 50.2. The highest BCUT2D eigenvalue weighted by molar-refractivity contribution is 6.04. The van der Waals surface area contributed by atoms with Gasteiger partial charge in [0, 0.05) is 11.4 Å². The zero-order valence-corrected chi connectivity index (χ0v) is 43.0. The maximum atomic E-state index is 2.51. The number of fused-ring (bicyclic) bond motifs is 6. The summed E-state index contributed by atoms with van der Waals surface area (Å²) in [7, 11) is 0. The monoisotopic (exact) mass is 954 g/mol. The number of hydrogen-bond acceptors (Lipinski definition) is 2. The van der Waals surface area contributed by atoms with Gasteiger partial charge in [0.25, 0.3) is 0 Å². The Hall–Kier alpha value is -8.46. The highest BCUT2D eigenvalue weighted by Gasteiger charge is 2.34. The highest BCUT2D eigenvalue weighted by atomic mass is 15.2. The predicted octanol–water partition coefficient (Wildman–Crippen LogP) is 20.6. The van der Waals surface area contributed by atoms with Gasteiger partial charge < -0.3 is 9.80 Å². The fourth-order valence-electron chi connectivity index (χ4n) is 12.0. The van der Waals surface area contributed by atoms with Gasteiger partial charge in [0.15, 0.2) is 0 Å². The molecule has 0 spiro atoms. The van der Waals surface area contributed by atoms with E-state index < -0.39 is 0 Å². The van der Waals surface area contributed by atoms with E-state index in [1.54, 1.807) is 0 Å². The Kier molecular flexibility index (Phi) is 12.5. The van der Waals surface area contributed by atoms with E-state index >= 15 is 0 Å². The van der Waals surface area contributed by atoms with Crippen molar-refractivity contribution >= 4 is 92.0 Å². The minimum absolute atomic E-state index is 0.119. The van der Waals surface area contributed by atoms with E-state index in [1.165, 1.54) is 142 Å². The van der Waals surface area contributed by atoms with Gasteiger partial charge in [-0.3, -0.25) is 0 Å². The molecule has 0 saturated heterocycles. The number of rotatable bonds is 7. The number of allylic oxidation sites excluding steroid dienone is 5. The summed E-state index contributed by atoms with van der Waals surface area (Å²) in [5.41, 5.74) is 22.6. The summed E-state index contributed by atoms with van der Waals surface area (Å²) in [6.45, 7) is 8.84. The fourth-order valence-corrected chi connectivity index (χ4v) is 12.0. The van der Waals surface area contributed by atoms with Crippen molar-refractivity contribution in [1.82, 2.24) is 0 Å². The lowest BCUT2D eigenvalue weighted by Crippen LogP contribution is -2.19. The maximum Gasteiger partial charge on any atom is 0.0534 e. The van der Waals surface area contributed by atoms with Gasteiger partial charge in [0.05, 0.1) is 22.7 Å². The van der Waals surface area contributed by atoms with Crippen LogP contribution in [0.15, 0.2) is 218 Å². The number of benzene rings is 9.